The topological polar surface area (TPSA) is 94.2 Å². The third-order valence-electron chi connectivity index (χ3n) is 5.54. The number of carbonyl (C=O) groups excluding carboxylic acids is 3. The number of thioether (sulfide) groups is 1. The summed E-state index contributed by atoms with van der Waals surface area (Å²) in [5.74, 6) is 0.532. The number of anilines is 1. The number of hydrogen-bond acceptors (Lipinski definition) is 7. The highest BCUT2D eigenvalue weighted by molar-refractivity contribution is 9.11. The molecule has 2 aliphatic rings. The molecule has 0 unspecified atom stereocenters. The fourth-order valence-corrected chi connectivity index (χ4v) is 6.45. The summed E-state index contributed by atoms with van der Waals surface area (Å²) in [5.41, 5.74) is 1.86. The highest BCUT2D eigenvalue weighted by Gasteiger charge is 2.36. The highest BCUT2D eigenvalue weighted by Crippen LogP contribution is 2.39. The van der Waals surface area contributed by atoms with E-state index in [1.807, 2.05) is 0 Å². The van der Waals surface area contributed by atoms with Crippen LogP contribution in [0.1, 0.15) is 11.1 Å². The van der Waals surface area contributed by atoms with Crippen molar-refractivity contribution in [3.63, 3.8) is 0 Å². The van der Waals surface area contributed by atoms with E-state index in [-0.39, 0.29) is 18.3 Å². The summed E-state index contributed by atoms with van der Waals surface area (Å²) in [5, 5.41) is 3.15. The van der Waals surface area contributed by atoms with Crippen LogP contribution in [-0.4, -0.2) is 35.3 Å². The molecule has 1 N–H and O–H groups in total. The third kappa shape index (κ3) is 6.38. The molecule has 3 aromatic rings. The molecule has 0 radical (unpaired) electrons. The van der Waals surface area contributed by atoms with Gasteiger partial charge in [0.15, 0.2) is 11.5 Å². The number of halogens is 4. The average Bonchev–Trinajstić information content (AvgIpc) is 3.44. The Morgan fingerprint density at radius 1 is 1.05 bits per heavy atom. The Labute approximate surface area is 253 Å². The normalized spacial score (nSPS) is 15.3. The number of hydrogen-bond donors (Lipinski definition) is 1. The second kappa shape index (κ2) is 11.8. The Bertz CT molecular complexity index is 1530. The van der Waals surface area contributed by atoms with Crippen LogP contribution in [0.4, 0.5) is 10.5 Å². The van der Waals surface area contributed by atoms with Crippen LogP contribution in [0.5, 0.6) is 17.2 Å². The van der Waals surface area contributed by atoms with E-state index < -0.39 is 23.6 Å². The number of nitrogens with one attached hydrogen (secondary N) is 1. The Morgan fingerprint density at radius 3 is 2.54 bits per heavy atom. The summed E-state index contributed by atoms with van der Waals surface area (Å²) in [6.07, 6.45) is 1.58. The zero-order valence-corrected chi connectivity index (χ0v) is 25.1. The van der Waals surface area contributed by atoms with Crippen molar-refractivity contribution >= 4 is 95.6 Å². The molecule has 1 saturated heterocycles. The monoisotopic (exact) mass is 712 g/mol. The lowest BCUT2D eigenvalue weighted by Gasteiger charge is -2.13. The number of ether oxygens (including phenoxy) is 3. The Hall–Kier alpha value is -2.70. The van der Waals surface area contributed by atoms with Crippen molar-refractivity contribution in [1.82, 2.24) is 4.90 Å². The molecule has 2 heterocycles. The summed E-state index contributed by atoms with van der Waals surface area (Å²) in [6, 6.07) is 13.6. The molecule has 0 saturated carbocycles. The van der Waals surface area contributed by atoms with Crippen molar-refractivity contribution in [3.8, 4) is 17.2 Å². The highest BCUT2D eigenvalue weighted by atomic mass is 79.9. The predicted molar refractivity (Wildman–Crippen MR) is 157 cm³/mol. The van der Waals surface area contributed by atoms with E-state index in [1.54, 1.807) is 54.6 Å². The van der Waals surface area contributed by atoms with Crippen molar-refractivity contribution in [2.75, 3.05) is 18.7 Å². The lowest BCUT2D eigenvalue weighted by molar-refractivity contribution is -0.127. The molecule has 0 bridgehead atoms. The second-order valence-corrected chi connectivity index (χ2v) is 11.8. The zero-order valence-electron chi connectivity index (χ0n) is 19.6. The summed E-state index contributed by atoms with van der Waals surface area (Å²) in [7, 11) is 0. The van der Waals surface area contributed by atoms with Gasteiger partial charge in [-0.05, 0) is 91.7 Å². The molecule has 3 aromatic carbocycles. The average molecular weight is 715 g/mol. The summed E-state index contributed by atoms with van der Waals surface area (Å²) in [4.78, 5) is 39.1. The SMILES string of the molecule is O=C(CN1C(=O)S/C(=C/c2cc(Br)c(OCc3ccc(Cl)cc3Cl)c(Br)c2)C1=O)Nc1ccc2c(c1)OCO2. The molecule has 0 aliphatic carbocycles. The molecule has 3 amide bonds. The van der Waals surface area contributed by atoms with Gasteiger partial charge in [-0.15, -0.1) is 0 Å². The van der Waals surface area contributed by atoms with Crippen molar-refractivity contribution in [3.05, 3.63) is 83.6 Å². The largest absolute Gasteiger partial charge is 0.486 e. The first-order chi connectivity index (χ1) is 18.7. The van der Waals surface area contributed by atoms with Crippen LogP contribution in [0.15, 0.2) is 62.4 Å². The van der Waals surface area contributed by atoms with E-state index in [0.29, 0.717) is 47.5 Å². The van der Waals surface area contributed by atoms with Crippen LogP contribution in [-0.2, 0) is 16.2 Å². The number of nitrogens with zero attached hydrogens (tertiary/aromatic N) is 1. The maximum atomic E-state index is 12.9. The molecular weight excluding hydrogens is 699 g/mol. The molecule has 13 heteroatoms. The first-order valence-electron chi connectivity index (χ1n) is 11.2. The van der Waals surface area contributed by atoms with Crippen LogP contribution < -0.4 is 19.5 Å². The van der Waals surface area contributed by atoms with Gasteiger partial charge in [-0.2, -0.15) is 0 Å². The molecular formula is C26H16Br2Cl2N2O6S. The quantitative estimate of drug-likeness (QED) is 0.254. The molecule has 0 aromatic heterocycles. The summed E-state index contributed by atoms with van der Waals surface area (Å²) >= 11 is 19.9. The van der Waals surface area contributed by atoms with Crippen LogP contribution in [0.3, 0.4) is 0 Å². The van der Waals surface area contributed by atoms with Gasteiger partial charge < -0.3 is 19.5 Å². The summed E-state index contributed by atoms with van der Waals surface area (Å²) < 4.78 is 17.7. The fraction of sp³-hybridized carbons (Fsp3) is 0.115. The minimum Gasteiger partial charge on any atom is -0.486 e. The van der Waals surface area contributed by atoms with Gasteiger partial charge in [-0.3, -0.25) is 19.3 Å². The number of benzene rings is 3. The van der Waals surface area contributed by atoms with Gasteiger partial charge >= 0.3 is 0 Å². The third-order valence-corrected chi connectivity index (χ3v) is 8.21. The van der Waals surface area contributed by atoms with Crippen LogP contribution in [0.25, 0.3) is 6.08 Å². The van der Waals surface area contributed by atoms with E-state index in [9.17, 15) is 14.4 Å². The smallest absolute Gasteiger partial charge is 0.294 e. The van der Waals surface area contributed by atoms with Gasteiger partial charge in [0.25, 0.3) is 11.1 Å². The maximum Gasteiger partial charge on any atom is 0.294 e. The zero-order chi connectivity index (χ0) is 27.7. The van der Waals surface area contributed by atoms with E-state index in [1.165, 1.54) is 0 Å². The molecule has 2 aliphatic heterocycles. The standard InChI is InChI=1S/C26H16Br2Cl2N2O6S/c27-17-5-13(6-18(28)24(17)36-11-14-1-2-15(29)8-19(14)30)7-22-25(34)32(26(35)39-22)10-23(33)31-16-3-4-20-21(9-16)38-12-37-20/h1-9H,10-12H2,(H,31,33)/b22-7+. The Morgan fingerprint density at radius 2 is 1.79 bits per heavy atom. The maximum absolute atomic E-state index is 12.9. The number of amides is 3. The van der Waals surface area contributed by atoms with Crippen LogP contribution in [0, 0.1) is 0 Å². The Balaban J connectivity index is 1.24. The van der Waals surface area contributed by atoms with E-state index >= 15 is 0 Å². The number of fused-ring (bicyclic) bond motifs is 1. The molecule has 39 heavy (non-hydrogen) atoms. The van der Waals surface area contributed by atoms with Gasteiger partial charge in [-0.1, -0.05) is 29.3 Å². The van der Waals surface area contributed by atoms with Gasteiger partial charge in [0, 0.05) is 27.4 Å². The predicted octanol–water partition coefficient (Wildman–Crippen LogP) is 7.50. The van der Waals surface area contributed by atoms with Gasteiger partial charge in [-0.25, -0.2) is 0 Å². The second-order valence-electron chi connectivity index (χ2n) is 8.22. The van der Waals surface area contributed by atoms with Gasteiger partial charge in [0.1, 0.15) is 18.9 Å². The Kier molecular flexibility index (Phi) is 8.43. The number of imide groups is 1. The number of carbonyl (C=O) groups is 3. The minimum absolute atomic E-state index is 0.108. The van der Waals surface area contributed by atoms with E-state index in [2.05, 4.69) is 37.2 Å². The van der Waals surface area contributed by atoms with Gasteiger partial charge in [0.2, 0.25) is 12.7 Å². The lowest BCUT2D eigenvalue weighted by Crippen LogP contribution is -2.36. The molecule has 5 rings (SSSR count). The van der Waals surface area contributed by atoms with Crippen molar-refractivity contribution in [2.45, 2.75) is 6.61 Å². The minimum atomic E-state index is -0.559. The molecule has 1 fully saturated rings. The molecule has 0 atom stereocenters. The van der Waals surface area contributed by atoms with Gasteiger partial charge in [0.05, 0.1) is 13.9 Å². The fourth-order valence-electron chi connectivity index (χ4n) is 3.70. The summed E-state index contributed by atoms with van der Waals surface area (Å²) in [6.45, 7) is -0.110. The van der Waals surface area contributed by atoms with E-state index in [4.69, 9.17) is 37.4 Å². The van der Waals surface area contributed by atoms with Crippen molar-refractivity contribution in [2.24, 2.45) is 0 Å². The van der Waals surface area contributed by atoms with E-state index in [0.717, 1.165) is 22.2 Å². The van der Waals surface area contributed by atoms with Crippen LogP contribution in [0.2, 0.25) is 10.0 Å². The van der Waals surface area contributed by atoms with Crippen molar-refractivity contribution in [1.29, 1.82) is 0 Å². The molecule has 8 nitrogen and oxygen atoms in total. The first kappa shape index (κ1) is 27.9. The molecule has 200 valence electrons. The lowest BCUT2D eigenvalue weighted by atomic mass is 10.2. The number of rotatable bonds is 7. The molecule has 0 spiro atoms. The first-order valence-corrected chi connectivity index (χ1v) is 14.3. The van der Waals surface area contributed by atoms with Crippen LogP contribution >= 0.6 is 66.8 Å². The van der Waals surface area contributed by atoms with Crippen molar-refractivity contribution < 1.29 is 28.6 Å².